The molecule has 4 rings (SSSR count). The lowest BCUT2D eigenvalue weighted by Crippen LogP contribution is -2.46. The molecule has 2 N–H and O–H groups in total. The molecule has 0 saturated carbocycles. The van der Waals surface area contributed by atoms with Gasteiger partial charge < -0.3 is 15.4 Å². The van der Waals surface area contributed by atoms with Crippen molar-refractivity contribution in [1.29, 1.82) is 0 Å². The monoisotopic (exact) mass is 506 g/mol. The van der Waals surface area contributed by atoms with Gasteiger partial charge in [-0.2, -0.15) is 0 Å². The fourth-order valence-electron chi connectivity index (χ4n) is 4.07. The molecular formula is C32H30N2O4. The summed E-state index contributed by atoms with van der Waals surface area (Å²) in [5.41, 5.74) is 2.87. The number of rotatable bonds is 11. The third-order valence-electron chi connectivity index (χ3n) is 6.03. The summed E-state index contributed by atoms with van der Waals surface area (Å²) in [4.78, 5) is 39.0. The summed E-state index contributed by atoms with van der Waals surface area (Å²) < 4.78 is 5.72. The van der Waals surface area contributed by atoms with Gasteiger partial charge in [0.25, 0.3) is 11.8 Å². The van der Waals surface area contributed by atoms with Crippen molar-refractivity contribution in [2.24, 2.45) is 0 Å². The zero-order valence-electron chi connectivity index (χ0n) is 21.0. The second-order valence-electron chi connectivity index (χ2n) is 8.94. The molecule has 0 aliphatic heterocycles. The van der Waals surface area contributed by atoms with Crippen molar-refractivity contribution in [3.63, 3.8) is 0 Å². The topological polar surface area (TPSA) is 84.5 Å². The van der Waals surface area contributed by atoms with Crippen LogP contribution in [0.1, 0.15) is 31.8 Å². The molecule has 6 nitrogen and oxygen atoms in total. The van der Waals surface area contributed by atoms with E-state index >= 15 is 0 Å². The molecular weight excluding hydrogens is 476 g/mol. The minimum absolute atomic E-state index is 0.0429. The fraction of sp³-hybridized carbons (Fsp3) is 0.156. The smallest absolute Gasteiger partial charge is 0.329 e. The standard InChI is InChI=1S/C32H30N2O4/c35-30(26-17-9-3-10-18-26)33-28(21-24-13-5-1-6-14-24)23-38-32(37)29(22-25-15-7-2-8-16-25)34-31(36)27-19-11-4-12-20-27/h1-20,28-29H,21-23H2,(H,33,35)(H,34,36)/t28?,29-/m0/s1. The van der Waals surface area contributed by atoms with Gasteiger partial charge in [0.2, 0.25) is 0 Å². The van der Waals surface area contributed by atoms with Crippen LogP contribution in [-0.2, 0) is 22.4 Å². The Kier molecular flexibility index (Phi) is 9.40. The molecule has 0 saturated heterocycles. The maximum atomic E-state index is 13.3. The Hall–Kier alpha value is -4.71. The molecule has 2 amide bonds. The average molecular weight is 507 g/mol. The summed E-state index contributed by atoms with van der Waals surface area (Å²) in [7, 11) is 0. The predicted octanol–water partition coefficient (Wildman–Crippen LogP) is 4.61. The number of carbonyl (C=O) groups is 3. The lowest BCUT2D eigenvalue weighted by molar-refractivity contribution is -0.146. The summed E-state index contributed by atoms with van der Waals surface area (Å²) in [5.74, 6) is -1.17. The number of ether oxygens (including phenoxy) is 1. The van der Waals surface area contributed by atoms with Gasteiger partial charge in [-0.1, -0.05) is 97.1 Å². The van der Waals surface area contributed by atoms with Crippen LogP contribution in [0.5, 0.6) is 0 Å². The Morgan fingerprint density at radius 2 is 0.974 bits per heavy atom. The Morgan fingerprint density at radius 1 is 0.553 bits per heavy atom. The molecule has 0 radical (unpaired) electrons. The van der Waals surface area contributed by atoms with Gasteiger partial charge >= 0.3 is 5.97 Å². The molecule has 0 fully saturated rings. The van der Waals surface area contributed by atoms with Crippen molar-refractivity contribution in [3.8, 4) is 0 Å². The first-order valence-electron chi connectivity index (χ1n) is 12.5. The molecule has 0 aromatic heterocycles. The summed E-state index contributed by atoms with van der Waals surface area (Å²) in [6, 6.07) is 35.4. The van der Waals surface area contributed by atoms with E-state index in [1.54, 1.807) is 48.5 Å². The van der Waals surface area contributed by atoms with Crippen molar-refractivity contribution in [3.05, 3.63) is 144 Å². The van der Waals surface area contributed by atoms with E-state index in [9.17, 15) is 14.4 Å². The molecule has 0 heterocycles. The Bertz CT molecular complexity index is 1310. The summed E-state index contributed by atoms with van der Waals surface area (Å²) >= 11 is 0. The van der Waals surface area contributed by atoms with Gasteiger partial charge in [0.05, 0.1) is 6.04 Å². The largest absolute Gasteiger partial charge is 0.462 e. The lowest BCUT2D eigenvalue weighted by atomic mass is 10.0. The van der Waals surface area contributed by atoms with E-state index in [0.717, 1.165) is 11.1 Å². The third-order valence-corrected chi connectivity index (χ3v) is 6.03. The molecule has 0 aliphatic carbocycles. The van der Waals surface area contributed by atoms with E-state index in [2.05, 4.69) is 10.6 Å². The van der Waals surface area contributed by atoms with Crippen molar-refractivity contribution in [1.82, 2.24) is 10.6 Å². The zero-order valence-corrected chi connectivity index (χ0v) is 21.0. The minimum atomic E-state index is -0.896. The molecule has 1 unspecified atom stereocenters. The number of hydrogen-bond acceptors (Lipinski definition) is 4. The number of carbonyl (C=O) groups excluding carboxylic acids is 3. The molecule has 38 heavy (non-hydrogen) atoms. The van der Waals surface area contributed by atoms with Crippen molar-refractivity contribution >= 4 is 17.8 Å². The van der Waals surface area contributed by atoms with Gasteiger partial charge in [-0.25, -0.2) is 4.79 Å². The predicted molar refractivity (Wildman–Crippen MR) is 147 cm³/mol. The van der Waals surface area contributed by atoms with Crippen LogP contribution in [0.2, 0.25) is 0 Å². The first-order chi connectivity index (χ1) is 18.6. The number of nitrogens with one attached hydrogen (secondary N) is 2. The molecule has 4 aromatic rings. The van der Waals surface area contributed by atoms with E-state index < -0.39 is 18.1 Å². The first-order valence-corrected chi connectivity index (χ1v) is 12.5. The van der Waals surface area contributed by atoms with Gasteiger partial charge in [-0.3, -0.25) is 9.59 Å². The highest BCUT2D eigenvalue weighted by molar-refractivity contribution is 5.97. The maximum absolute atomic E-state index is 13.3. The van der Waals surface area contributed by atoms with E-state index in [0.29, 0.717) is 17.5 Å². The highest BCUT2D eigenvalue weighted by atomic mass is 16.5. The van der Waals surface area contributed by atoms with Crippen LogP contribution >= 0.6 is 0 Å². The van der Waals surface area contributed by atoms with Gasteiger partial charge in [-0.05, 0) is 41.8 Å². The third kappa shape index (κ3) is 7.90. The molecule has 6 heteroatoms. The maximum Gasteiger partial charge on any atom is 0.329 e. The lowest BCUT2D eigenvalue weighted by Gasteiger charge is -2.22. The van der Waals surface area contributed by atoms with E-state index in [4.69, 9.17) is 4.74 Å². The molecule has 0 aliphatic rings. The molecule has 0 bridgehead atoms. The summed E-state index contributed by atoms with van der Waals surface area (Å²) in [6.07, 6.45) is 0.754. The summed E-state index contributed by atoms with van der Waals surface area (Å²) in [6.45, 7) is -0.0429. The Morgan fingerprint density at radius 3 is 1.47 bits per heavy atom. The quantitative estimate of drug-likeness (QED) is 0.291. The van der Waals surface area contributed by atoms with Crippen LogP contribution in [-0.4, -0.2) is 36.5 Å². The van der Waals surface area contributed by atoms with Crippen molar-refractivity contribution in [2.45, 2.75) is 24.9 Å². The number of esters is 1. The molecule has 0 spiro atoms. The van der Waals surface area contributed by atoms with Crippen LogP contribution in [0.15, 0.2) is 121 Å². The van der Waals surface area contributed by atoms with Crippen LogP contribution in [0.3, 0.4) is 0 Å². The van der Waals surface area contributed by atoms with Gasteiger partial charge in [0.1, 0.15) is 12.6 Å². The number of benzene rings is 4. The molecule has 2 atom stereocenters. The fourth-order valence-corrected chi connectivity index (χ4v) is 4.07. The highest BCUT2D eigenvalue weighted by Gasteiger charge is 2.25. The average Bonchev–Trinajstić information content (AvgIpc) is 2.97. The van der Waals surface area contributed by atoms with Crippen LogP contribution in [0, 0.1) is 0 Å². The SMILES string of the molecule is O=C(NC(COC(=O)[C@H](Cc1ccccc1)NC(=O)c1ccccc1)Cc1ccccc1)c1ccccc1. The molecule has 192 valence electrons. The summed E-state index contributed by atoms with van der Waals surface area (Å²) in [5, 5.41) is 5.81. The first kappa shape index (κ1) is 26.4. The Labute approximate surface area is 222 Å². The van der Waals surface area contributed by atoms with Crippen LogP contribution in [0.4, 0.5) is 0 Å². The van der Waals surface area contributed by atoms with Crippen molar-refractivity contribution in [2.75, 3.05) is 6.61 Å². The van der Waals surface area contributed by atoms with Gasteiger partial charge in [0.15, 0.2) is 0 Å². The minimum Gasteiger partial charge on any atom is -0.462 e. The zero-order chi connectivity index (χ0) is 26.6. The Balaban J connectivity index is 1.47. The van der Waals surface area contributed by atoms with Crippen LogP contribution < -0.4 is 10.6 Å². The van der Waals surface area contributed by atoms with Gasteiger partial charge in [0, 0.05) is 17.5 Å². The normalized spacial score (nSPS) is 12.1. The van der Waals surface area contributed by atoms with E-state index in [1.807, 2.05) is 72.8 Å². The second-order valence-corrected chi connectivity index (χ2v) is 8.94. The van der Waals surface area contributed by atoms with E-state index in [1.165, 1.54) is 0 Å². The van der Waals surface area contributed by atoms with E-state index in [-0.39, 0.29) is 24.8 Å². The second kappa shape index (κ2) is 13.6. The van der Waals surface area contributed by atoms with Crippen LogP contribution in [0.25, 0.3) is 0 Å². The number of hydrogen-bond donors (Lipinski definition) is 2. The van der Waals surface area contributed by atoms with Crippen molar-refractivity contribution < 1.29 is 19.1 Å². The number of amides is 2. The van der Waals surface area contributed by atoms with Gasteiger partial charge in [-0.15, -0.1) is 0 Å². The highest BCUT2D eigenvalue weighted by Crippen LogP contribution is 2.10. The molecule has 4 aromatic carbocycles.